The van der Waals surface area contributed by atoms with E-state index in [4.69, 9.17) is 4.74 Å². The molecule has 2 amide bonds. The second-order valence-corrected chi connectivity index (χ2v) is 9.98. The topological polar surface area (TPSA) is 125 Å². The highest BCUT2D eigenvalue weighted by atomic mass is 16.6. The minimum absolute atomic E-state index is 0.0417. The molecule has 0 radical (unpaired) electrons. The van der Waals surface area contributed by atoms with Crippen LogP contribution < -0.4 is 15.1 Å². The molecule has 11 heteroatoms. The Hall–Kier alpha value is -4.93. The first-order valence-electron chi connectivity index (χ1n) is 13.5. The van der Waals surface area contributed by atoms with Crippen LogP contribution in [-0.4, -0.2) is 74.0 Å². The van der Waals surface area contributed by atoms with E-state index >= 15 is 0 Å². The van der Waals surface area contributed by atoms with Gasteiger partial charge in [-0.3, -0.25) is 19.7 Å². The molecule has 2 saturated heterocycles. The molecule has 3 aromatic carbocycles. The molecule has 0 saturated carbocycles. The van der Waals surface area contributed by atoms with Crippen LogP contribution in [0, 0.1) is 10.1 Å². The van der Waals surface area contributed by atoms with Gasteiger partial charge in [0, 0.05) is 57.0 Å². The molecule has 0 bridgehead atoms. The van der Waals surface area contributed by atoms with Gasteiger partial charge in [-0.2, -0.15) is 0 Å². The summed E-state index contributed by atoms with van der Waals surface area (Å²) in [6, 6.07) is 18.3. The van der Waals surface area contributed by atoms with Crippen LogP contribution in [0.1, 0.15) is 43.9 Å². The highest BCUT2D eigenvalue weighted by Crippen LogP contribution is 2.32. The molecule has 3 aromatic rings. The third kappa shape index (κ3) is 5.98. The largest absolute Gasteiger partial charge is 0.465 e. The van der Waals surface area contributed by atoms with E-state index in [0.717, 1.165) is 25.9 Å². The molecule has 2 heterocycles. The lowest BCUT2D eigenvalue weighted by Gasteiger charge is -2.37. The average molecular weight is 558 g/mol. The third-order valence-corrected chi connectivity index (χ3v) is 7.48. The molecule has 0 unspecified atom stereocenters. The predicted molar refractivity (Wildman–Crippen MR) is 155 cm³/mol. The number of benzene rings is 3. The van der Waals surface area contributed by atoms with Crippen LogP contribution in [-0.2, 0) is 4.74 Å². The van der Waals surface area contributed by atoms with Crippen molar-refractivity contribution in [3.8, 4) is 0 Å². The summed E-state index contributed by atoms with van der Waals surface area (Å²) in [6.45, 7) is 3.48. The molecule has 2 aliphatic rings. The van der Waals surface area contributed by atoms with Crippen LogP contribution in [0.2, 0.25) is 0 Å². The molecule has 0 aliphatic carbocycles. The minimum atomic E-state index is -0.557. The number of methoxy groups -OCH3 is 1. The van der Waals surface area contributed by atoms with Crippen molar-refractivity contribution in [1.29, 1.82) is 0 Å². The number of anilines is 3. The minimum Gasteiger partial charge on any atom is -0.465 e. The molecular formula is C30H31N5O6. The Kier molecular flexibility index (Phi) is 8.14. The van der Waals surface area contributed by atoms with E-state index in [9.17, 15) is 24.5 Å². The van der Waals surface area contributed by atoms with Crippen molar-refractivity contribution in [2.24, 2.45) is 0 Å². The number of nitro benzene ring substituents is 1. The Bertz CT molecular complexity index is 1460. The van der Waals surface area contributed by atoms with Crippen LogP contribution >= 0.6 is 0 Å². The first-order chi connectivity index (χ1) is 19.9. The zero-order valence-corrected chi connectivity index (χ0v) is 22.7. The van der Waals surface area contributed by atoms with Gasteiger partial charge in [0.05, 0.1) is 40.2 Å². The van der Waals surface area contributed by atoms with Gasteiger partial charge in [0.2, 0.25) is 0 Å². The lowest BCUT2D eigenvalue weighted by atomic mass is 10.1. The summed E-state index contributed by atoms with van der Waals surface area (Å²) in [5.74, 6) is -1.12. The van der Waals surface area contributed by atoms with Crippen LogP contribution in [0.5, 0.6) is 0 Å². The SMILES string of the molecule is COC(=O)c1ccc(N2CCN(C(=O)c3ccccc3)CC2)c(NC(=O)c2cc([N+](=O)[O-])ccc2N2CCCC2)c1. The molecule has 212 valence electrons. The molecule has 2 fully saturated rings. The van der Waals surface area contributed by atoms with Gasteiger partial charge in [-0.25, -0.2) is 4.79 Å². The summed E-state index contributed by atoms with van der Waals surface area (Å²) in [6.07, 6.45) is 1.95. The number of nitrogens with one attached hydrogen (secondary N) is 1. The molecule has 41 heavy (non-hydrogen) atoms. The number of ether oxygens (including phenoxy) is 1. The first kappa shape index (κ1) is 27.6. The smallest absolute Gasteiger partial charge is 0.337 e. The quantitative estimate of drug-likeness (QED) is 0.260. The molecular weight excluding hydrogens is 526 g/mol. The molecule has 11 nitrogen and oxygen atoms in total. The number of piperazine rings is 1. The van der Waals surface area contributed by atoms with Crippen LogP contribution in [0.4, 0.5) is 22.7 Å². The van der Waals surface area contributed by atoms with Gasteiger partial charge in [0.1, 0.15) is 0 Å². The zero-order valence-electron chi connectivity index (χ0n) is 22.7. The molecule has 0 aromatic heterocycles. The van der Waals surface area contributed by atoms with E-state index in [2.05, 4.69) is 5.32 Å². The van der Waals surface area contributed by atoms with E-state index in [1.807, 2.05) is 28.0 Å². The van der Waals surface area contributed by atoms with E-state index in [0.29, 0.717) is 48.8 Å². The average Bonchev–Trinajstić information content (AvgIpc) is 3.55. The van der Waals surface area contributed by atoms with Gasteiger partial charge in [-0.15, -0.1) is 0 Å². The standard InChI is InChI=1S/C30H31N5O6/c1-41-30(38)22-9-11-27(33-15-17-34(18-16-33)29(37)21-7-3-2-4-8-21)25(19-22)31-28(36)24-20-23(35(39)40)10-12-26(24)32-13-5-6-14-32/h2-4,7-12,19-20H,5-6,13-18H2,1H3,(H,31,36). The summed E-state index contributed by atoms with van der Waals surface area (Å²) in [5, 5.41) is 14.4. The molecule has 0 atom stereocenters. The van der Waals surface area contributed by atoms with Crippen molar-refractivity contribution in [2.45, 2.75) is 12.8 Å². The monoisotopic (exact) mass is 557 g/mol. The number of non-ortho nitro benzene ring substituents is 1. The van der Waals surface area contributed by atoms with Crippen molar-refractivity contribution in [1.82, 2.24) is 4.90 Å². The van der Waals surface area contributed by atoms with Crippen LogP contribution in [0.15, 0.2) is 66.7 Å². The van der Waals surface area contributed by atoms with Gasteiger partial charge in [-0.05, 0) is 49.2 Å². The number of carbonyl (C=O) groups is 3. The lowest BCUT2D eigenvalue weighted by Crippen LogP contribution is -2.49. The summed E-state index contributed by atoms with van der Waals surface area (Å²) >= 11 is 0. The number of amides is 2. The number of nitrogens with zero attached hydrogens (tertiary/aromatic N) is 4. The van der Waals surface area contributed by atoms with E-state index in [-0.39, 0.29) is 22.7 Å². The predicted octanol–water partition coefficient (Wildman–Crippen LogP) is 4.20. The maximum atomic E-state index is 13.7. The molecule has 1 N–H and O–H groups in total. The Morgan fingerprint density at radius 3 is 2.12 bits per heavy atom. The van der Waals surface area contributed by atoms with E-state index in [1.165, 1.54) is 19.2 Å². The third-order valence-electron chi connectivity index (χ3n) is 7.48. The van der Waals surface area contributed by atoms with Crippen molar-refractivity contribution in [2.75, 3.05) is 61.5 Å². The number of hydrogen-bond donors (Lipinski definition) is 1. The fourth-order valence-corrected chi connectivity index (χ4v) is 5.31. The number of carbonyl (C=O) groups excluding carboxylic acids is 3. The van der Waals surface area contributed by atoms with Gasteiger partial charge < -0.3 is 24.8 Å². The van der Waals surface area contributed by atoms with Crippen molar-refractivity contribution >= 4 is 40.5 Å². The number of hydrogen-bond acceptors (Lipinski definition) is 8. The number of esters is 1. The first-order valence-corrected chi connectivity index (χ1v) is 13.5. The highest BCUT2D eigenvalue weighted by Gasteiger charge is 2.27. The Morgan fingerprint density at radius 1 is 0.805 bits per heavy atom. The fraction of sp³-hybridized carbons (Fsp3) is 0.300. The lowest BCUT2D eigenvalue weighted by molar-refractivity contribution is -0.384. The second-order valence-electron chi connectivity index (χ2n) is 9.98. The summed E-state index contributed by atoms with van der Waals surface area (Å²) in [5.41, 5.74) is 2.56. The van der Waals surface area contributed by atoms with E-state index in [1.54, 1.807) is 41.3 Å². The fourth-order valence-electron chi connectivity index (χ4n) is 5.31. The Labute approximate surface area is 237 Å². The Balaban J connectivity index is 1.42. The van der Waals surface area contributed by atoms with Crippen molar-refractivity contribution in [3.05, 3.63) is 93.5 Å². The van der Waals surface area contributed by atoms with Crippen molar-refractivity contribution < 1.29 is 24.0 Å². The molecule has 0 spiro atoms. The van der Waals surface area contributed by atoms with Gasteiger partial charge in [-0.1, -0.05) is 18.2 Å². The summed E-state index contributed by atoms with van der Waals surface area (Å²) in [4.78, 5) is 55.8. The van der Waals surface area contributed by atoms with Gasteiger partial charge in [0.15, 0.2) is 0 Å². The maximum Gasteiger partial charge on any atom is 0.337 e. The zero-order chi connectivity index (χ0) is 28.9. The highest BCUT2D eigenvalue weighted by molar-refractivity contribution is 6.10. The summed E-state index contributed by atoms with van der Waals surface area (Å²) < 4.78 is 4.89. The second kappa shape index (κ2) is 12.1. The maximum absolute atomic E-state index is 13.7. The molecule has 2 aliphatic heterocycles. The van der Waals surface area contributed by atoms with Crippen molar-refractivity contribution in [3.63, 3.8) is 0 Å². The normalized spacial score (nSPS) is 15.0. The number of rotatable bonds is 7. The molecule has 5 rings (SSSR count). The van der Waals surface area contributed by atoms with Gasteiger partial charge >= 0.3 is 5.97 Å². The number of nitro groups is 1. The Morgan fingerprint density at radius 2 is 1.46 bits per heavy atom. The van der Waals surface area contributed by atoms with Crippen LogP contribution in [0.3, 0.4) is 0 Å². The van der Waals surface area contributed by atoms with Gasteiger partial charge in [0.25, 0.3) is 17.5 Å². The van der Waals surface area contributed by atoms with Crippen LogP contribution in [0.25, 0.3) is 0 Å². The summed E-state index contributed by atoms with van der Waals surface area (Å²) in [7, 11) is 1.28. The van der Waals surface area contributed by atoms with E-state index < -0.39 is 16.8 Å².